The molecular formula is C12H7F2N3S. The third-order valence-corrected chi connectivity index (χ3v) is 3.34. The largest absolute Gasteiger partial charge is 0.383 e. The highest BCUT2D eigenvalue weighted by molar-refractivity contribution is 7.16. The summed E-state index contributed by atoms with van der Waals surface area (Å²) in [6.45, 7) is 0. The summed E-state index contributed by atoms with van der Waals surface area (Å²) in [6.07, 6.45) is 0. The van der Waals surface area contributed by atoms with Crippen LogP contribution in [-0.4, -0.2) is 9.97 Å². The van der Waals surface area contributed by atoms with Crippen molar-refractivity contribution in [2.45, 2.75) is 0 Å². The Kier molecular flexibility index (Phi) is 2.45. The van der Waals surface area contributed by atoms with Crippen molar-refractivity contribution in [3.05, 3.63) is 41.3 Å². The van der Waals surface area contributed by atoms with Crippen molar-refractivity contribution in [1.29, 1.82) is 0 Å². The minimum absolute atomic E-state index is 0.293. The van der Waals surface area contributed by atoms with Crippen LogP contribution in [0.4, 0.5) is 14.6 Å². The normalized spacial score (nSPS) is 11.0. The van der Waals surface area contributed by atoms with Crippen LogP contribution >= 0.6 is 11.3 Å². The maximum absolute atomic E-state index is 13.2. The summed E-state index contributed by atoms with van der Waals surface area (Å²) in [7, 11) is 0. The van der Waals surface area contributed by atoms with Gasteiger partial charge in [-0.15, -0.1) is 11.3 Å². The number of nitrogens with zero attached hydrogens (tertiary/aromatic N) is 2. The molecule has 6 heteroatoms. The molecule has 3 rings (SSSR count). The molecule has 2 aromatic heterocycles. The first-order valence-corrected chi connectivity index (χ1v) is 5.99. The lowest BCUT2D eigenvalue weighted by Crippen LogP contribution is -1.96. The minimum atomic E-state index is -0.930. The van der Waals surface area contributed by atoms with Crippen LogP contribution in [0.25, 0.3) is 21.6 Å². The molecule has 90 valence electrons. The Labute approximate surface area is 105 Å². The summed E-state index contributed by atoms with van der Waals surface area (Å²) >= 11 is 1.42. The van der Waals surface area contributed by atoms with Gasteiger partial charge >= 0.3 is 0 Å². The van der Waals surface area contributed by atoms with Gasteiger partial charge in [0, 0.05) is 5.56 Å². The van der Waals surface area contributed by atoms with Crippen molar-refractivity contribution in [2.75, 3.05) is 5.73 Å². The average Bonchev–Trinajstić information content (AvgIpc) is 2.81. The van der Waals surface area contributed by atoms with Crippen molar-refractivity contribution >= 4 is 27.4 Å². The summed E-state index contributed by atoms with van der Waals surface area (Å²) in [5.74, 6) is -1.20. The highest BCUT2D eigenvalue weighted by Gasteiger charge is 2.10. The average molecular weight is 263 g/mol. The predicted molar refractivity (Wildman–Crippen MR) is 67.2 cm³/mol. The highest BCUT2D eigenvalue weighted by Crippen LogP contribution is 2.27. The SMILES string of the molecule is Nc1nc(-c2ccc(F)c(F)c2)nc2sccc12. The number of aromatic nitrogens is 2. The number of fused-ring (bicyclic) bond motifs is 1. The zero-order chi connectivity index (χ0) is 12.7. The van der Waals surface area contributed by atoms with E-state index in [9.17, 15) is 8.78 Å². The van der Waals surface area contributed by atoms with E-state index in [4.69, 9.17) is 5.73 Å². The Hall–Kier alpha value is -2.08. The molecule has 0 saturated carbocycles. The van der Waals surface area contributed by atoms with Gasteiger partial charge in [-0.3, -0.25) is 0 Å². The van der Waals surface area contributed by atoms with Gasteiger partial charge in [-0.25, -0.2) is 18.7 Å². The monoisotopic (exact) mass is 263 g/mol. The lowest BCUT2D eigenvalue weighted by molar-refractivity contribution is 0.509. The fourth-order valence-electron chi connectivity index (χ4n) is 1.64. The van der Waals surface area contributed by atoms with E-state index in [1.165, 1.54) is 17.4 Å². The maximum atomic E-state index is 13.2. The molecule has 0 unspecified atom stereocenters. The molecule has 18 heavy (non-hydrogen) atoms. The first-order valence-electron chi connectivity index (χ1n) is 5.11. The van der Waals surface area contributed by atoms with Crippen LogP contribution in [0.2, 0.25) is 0 Å². The second-order valence-corrected chi connectivity index (χ2v) is 4.60. The molecule has 0 bridgehead atoms. The maximum Gasteiger partial charge on any atom is 0.163 e. The molecule has 0 saturated heterocycles. The standard InChI is InChI=1S/C12H7F2N3S/c13-8-2-1-6(5-9(8)14)11-16-10(15)7-3-4-18-12(7)17-11/h1-5H,(H2,15,16,17). The Balaban J connectivity index is 2.21. The highest BCUT2D eigenvalue weighted by atomic mass is 32.1. The van der Waals surface area contributed by atoms with Crippen molar-refractivity contribution < 1.29 is 8.78 Å². The lowest BCUT2D eigenvalue weighted by atomic mass is 10.2. The Morgan fingerprint density at radius 3 is 2.67 bits per heavy atom. The third-order valence-electron chi connectivity index (χ3n) is 2.53. The molecule has 3 nitrogen and oxygen atoms in total. The molecule has 0 aliphatic rings. The summed E-state index contributed by atoms with van der Waals surface area (Å²) in [5.41, 5.74) is 6.19. The topological polar surface area (TPSA) is 51.8 Å². The van der Waals surface area contributed by atoms with Gasteiger partial charge in [0.1, 0.15) is 10.6 Å². The molecule has 1 aromatic carbocycles. The predicted octanol–water partition coefficient (Wildman–Crippen LogP) is 3.22. The second kappa shape index (κ2) is 3.99. The van der Waals surface area contributed by atoms with Crippen molar-refractivity contribution in [2.24, 2.45) is 0 Å². The molecule has 0 fully saturated rings. The van der Waals surface area contributed by atoms with Gasteiger partial charge in [0.25, 0.3) is 0 Å². The smallest absolute Gasteiger partial charge is 0.163 e. The molecule has 0 atom stereocenters. The van der Waals surface area contributed by atoms with Gasteiger partial charge in [0.15, 0.2) is 17.5 Å². The van der Waals surface area contributed by atoms with Crippen LogP contribution < -0.4 is 5.73 Å². The van der Waals surface area contributed by atoms with E-state index in [1.807, 2.05) is 11.4 Å². The number of rotatable bonds is 1. The lowest BCUT2D eigenvalue weighted by Gasteiger charge is -2.03. The fraction of sp³-hybridized carbons (Fsp3) is 0. The van der Waals surface area contributed by atoms with Crippen molar-refractivity contribution in [3.8, 4) is 11.4 Å². The molecule has 0 aliphatic heterocycles. The molecule has 0 spiro atoms. The molecule has 0 amide bonds. The number of nitrogen functional groups attached to an aromatic ring is 1. The second-order valence-electron chi connectivity index (χ2n) is 3.70. The number of nitrogens with two attached hydrogens (primary N) is 1. The number of halogens is 2. The van der Waals surface area contributed by atoms with Crippen LogP contribution in [0.1, 0.15) is 0 Å². The molecular weight excluding hydrogens is 256 g/mol. The van der Waals surface area contributed by atoms with Crippen LogP contribution in [-0.2, 0) is 0 Å². The van der Waals surface area contributed by atoms with E-state index in [-0.39, 0.29) is 0 Å². The van der Waals surface area contributed by atoms with Crippen LogP contribution in [0.5, 0.6) is 0 Å². The van der Waals surface area contributed by atoms with E-state index < -0.39 is 11.6 Å². The van der Waals surface area contributed by atoms with E-state index >= 15 is 0 Å². The number of hydrogen-bond acceptors (Lipinski definition) is 4. The number of anilines is 1. The van der Waals surface area contributed by atoms with E-state index in [1.54, 1.807) is 0 Å². The molecule has 0 aliphatic carbocycles. The van der Waals surface area contributed by atoms with Gasteiger partial charge in [-0.05, 0) is 29.6 Å². The van der Waals surface area contributed by atoms with Gasteiger partial charge < -0.3 is 5.73 Å². The fourth-order valence-corrected chi connectivity index (χ4v) is 2.41. The number of thiophene rings is 1. The third kappa shape index (κ3) is 1.70. The zero-order valence-electron chi connectivity index (χ0n) is 9.02. The Bertz CT molecular complexity index is 739. The summed E-state index contributed by atoms with van der Waals surface area (Å²) in [5, 5.41) is 2.62. The number of hydrogen-bond donors (Lipinski definition) is 1. The molecule has 0 radical (unpaired) electrons. The molecule has 2 heterocycles. The van der Waals surface area contributed by atoms with Gasteiger partial charge in [-0.2, -0.15) is 0 Å². The zero-order valence-corrected chi connectivity index (χ0v) is 9.84. The first kappa shape index (κ1) is 11.0. The van der Waals surface area contributed by atoms with Crippen molar-refractivity contribution in [3.63, 3.8) is 0 Å². The van der Waals surface area contributed by atoms with Gasteiger partial charge in [0.2, 0.25) is 0 Å². The summed E-state index contributed by atoms with van der Waals surface area (Å²) in [4.78, 5) is 9.10. The van der Waals surface area contributed by atoms with Gasteiger partial charge in [0.05, 0.1) is 5.39 Å². The number of benzene rings is 1. The minimum Gasteiger partial charge on any atom is -0.383 e. The van der Waals surface area contributed by atoms with E-state index in [0.717, 1.165) is 22.3 Å². The Morgan fingerprint density at radius 2 is 1.89 bits per heavy atom. The molecule has 3 aromatic rings. The van der Waals surface area contributed by atoms with Crippen LogP contribution in [0.3, 0.4) is 0 Å². The Morgan fingerprint density at radius 1 is 1.06 bits per heavy atom. The summed E-state index contributed by atoms with van der Waals surface area (Å²) < 4.78 is 26.0. The van der Waals surface area contributed by atoms with E-state index in [0.29, 0.717) is 17.2 Å². The van der Waals surface area contributed by atoms with Gasteiger partial charge in [-0.1, -0.05) is 0 Å². The van der Waals surface area contributed by atoms with Crippen LogP contribution in [0, 0.1) is 11.6 Å². The summed E-state index contributed by atoms with van der Waals surface area (Å²) in [6, 6.07) is 5.35. The van der Waals surface area contributed by atoms with Crippen molar-refractivity contribution in [1.82, 2.24) is 9.97 Å². The van der Waals surface area contributed by atoms with Crippen LogP contribution in [0.15, 0.2) is 29.6 Å². The molecule has 2 N–H and O–H groups in total. The first-order chi connectivity index (χ1) is 8.65. The van der Waals surface area contributed by atoms with E-state index in [2.05, 4.69) is 9.97 Å². The quantitative estimate of drug-likeness (QED) is 0.733.